The number of aromatic amines is 1. The van der Waals surface area contributed by atoms with E-state index in [1.165, 1.54) is 0 Å². The number of nitrogens with one attached hydrogen (secondary N) is 1. The van der Waals surface area contributed by atoms with E-state index >= 15 is 0 Å². The van der Waals surface area contributed by atoms with Crippen LogP contribution < -0.4 is 5.73 Å². The van der Waals surface area contributed by atoms with Gasteiger partial charge in [0.05, 0.1) is 11.8 Å². The van der Waals surface area contributed by atoms with Gasteiger partial charge in [0.15, 0.2) is 0 Å². The first-order chi connectivity index (χ1) is 8.25. The lowest BCUT2D eigenvalue weighted by molar-refractivity contribution is 1.32. The second-order valence-corrected chi connectivity index (χ2v) is 4.01. The topological polar surface area (TPSA) is 67.6 Å². The van der Waals surface area contributed by atoms with E-state index in [4.69, 9.17) is 5.73 Å². The van der Waals surface area contributed by atoms with E-state index in [1.807, 2.05) is 18.2 Å². The number of H-pyrrole nitrogens is 1. The Hall–Kier alpha value is -2.36. The van der Waals surface area contributed by atoms with Gasteiger partial charge in [-0.2, -0.15) is 0 Å². The third-order valence-corrected chi connectivity index (χ3v) is 2.83. The number of pyridine rings is 1. The zero-order chi connectivity index (χ0) is 11.8. The molecule has 0 unspecified atom stereocenters. The fourth-order valence-electron chi connectivity index (χ4n) is 1.99. The van der Waals surface area contributed by atoms with Crippen LogP contribution in [0.15, 0.2) is 36.7 Å². The standard InChI is InChI=1S/C13H12N4/c1-8-4-2-3-5-9(8)12-13-10(15-7-16-13)6-11(14)17-12/h2-7H,1H3,(H2,14,17)(H,15,16). The molecular weight excluding hydrogens is 212 g/mol. The van der Waals surface area contributed by atoms with Gasteiger partial charge in [-0.15, -0.1) is 0 Å². The van der Waals surface area contributed by atoms with Crippen LogP contribution in [-0.4, -0.2) is 15.0 Å². The highest BCUT2D eigenvalue weighted by Crippen LogP contribution is 2.28. The smallest absolute Gasteiger partial charge is 0.126 e. The van der Waals surface area contributed by atoms with Crippen molar-refractivity contribution in [1.29, 1.82) is 0 Å². The van der Waals surface area contributed by atoms with Crippen molar-refractivity contribution in [2.24, 2.45) is 0 Å². The van der Waals surface area contributed by atoms with Crippen molar-refractivity contribution in [1.82, 2.24) is 15.0 Å². The Morgan fingerprint density at radius 3 is 2.88 bits per heavy atom. The average molecular weight is 224 g/mol. The number of benzene rings is 1. The summed E-state index contributed by atoms with van der Waals surface area (Å²) in [4.78, 5) is 11.8. The van der Waals surface area contributed by atoms with Gasteiger partial charge in [-0.3, -0.25) is 0 Å². The number of aryl methyl sites for hydroxylation is 1. The van der Waals surface area contributed by atoms with Crippen LogP contribution in [0.2, 0.25) is 0 Å². The number of anilines is 1. The Morgan fingerprint density at radius 1 is 1.24 bits per heavy atom. The second kappa shape index (κ2) is 3.59. The van der Waals surface area contributed by atoms with Gasteiger partial charge in [-0.1, -0.05) is 24.3 Å². The molecule has 2 aromatic heterocycles. The molecule has 0 spiro atoms. The normalized spacial score (nSPS) is 10.9. The van der Waals surface area contributed by atoms with E-state index in [1.54, 1.807) is 12.4 Å². The highest BCUT2D eigenvalue weighted by atomic mass is 14.9. The van der Waals surface area contributed by atoms with Crippen LogP contribution in [0.25, 0.3) is 22.3 Å². The fourth-order valence-corrected chi connectivity index (χ4v) is 1.99. The molecule has 0 fully saturated rings. The molecule has 2 heterocycles. The van der Waals surface area contributed by atoms with Gasteiger partial charge in [0, 0.05) is 11.6 Å². The molecule has 84 valence electrons. The molecule has 3 N–H and O–H groups in total. The summed E-state index contributed by atoms with van der Waals surface area (Å²) in [5.41, 5.74) is 10.6. The van der Waals surface area contributed by atoms with Crippen molar-refractivity contribution in [2.75, 3.05) is 5.73 Å². The van der Waals surface area contributed by atoms with Crippen LogP contribution in [0, 0.1) is 6.92 Å². The van der Waals surface area contributed by atoms with E-state index in [2.05, 4.69) is 27.9 Å². The molecule has 0 amide bonds. The Kier molecular flexibility index (Phi) is 2.08. The third-order valence-electron chi connectivity index (χ3n) is 2.83. The van der Waals surface area contributed by atoms with Crippen LogP contribution in [0.1, 0.15) is 5.56 Å². The molecule has 0 aliphatic carbocycles. The van der Waals surface area contributed by atoms with Crippen LogP contribution in [0.5, 0.6) is 0 Å². The number of aromatic nitrogens is 3. The molecule has 0 radical (unpaired) electrons. The lowest BCUT2D eigenvalue weighted by Crippen LogP contribution is -1.95. The minimum atomic E-state index is 0.500. The van der Waals surface area contributed by atoms with Gasteiger partial charge >= 0.3 is 0 Å². The van der Waals surface area contributed by atoms with E-state index < -0.39 is 0 Å². The molecule has 1 aromatic carbocycles. The fraction of sp³-hybridized carbons (Fsp3) is 0.0769. The SMILES string of the molecule is Cc1ccccc1-c1nc(N)cc2[nH]cnc12. The zero-order valence-electron chi connectivity index (χ0n) is 9.44. The monoisotopic (exact) mass is 224 g/mol. The third kappa shape index (κ3) is 1.54. The maximum atomic E-state index is 5.81. The summed E-state index contributed by atoms with van der Waals surface area (Å²) in [6, 6.07) is 9.88. The number of fused-ring (bicyclic) bond motifs is 1. The number of nitrogen functional groups attached to an aromatic ring is 1. The molecule has 0 aliphatic rings. The maximum absolute atomic E-state index is 5.81. The molecule has 3 rings (SSSR count). The Labute approximate surface area is 98.5 Å². The Morgan fingerprint density at radius 2 is 2.06 bits per heavy atom. The Balaban J connectivity index is 2.37. The summed E-state index contributed by atoms with van der Waals surface area (Å²) >= 11 is 0. The van der Waals surface area contributed by atoms with Gasteiger partial charge in [-0.25, -0.2) is 9.97 Å². The van der Waals surface area contributed by atoms with E-state index in [-0.39, 0.29) is 0 Å². The van der Waals surface area contributed by atoms with Crippen molar-refractivity contribution in [3.05, 3.63) is 42.2 Å². The second-order valence-electron chi connectivity index (χ2n) is 4.01. The number of imidazole rings is 1. The largest absolute Gasteiger partial charge is 0.384 e. The van der Waals surface area contributed by atoms with Gasteiger partial charge in [-0.05, 0) is 12.5 Å². The van der Waals surface area contributed by atoms with Gasteiger partial charge in [0.25, 0.3) is 0 Å². The molecule has 0 saturated carbocycles. The van der Waals surface area contributed by atoms with E-state index in [0.717, 1.165) is 27.9 Å². The first-order valence-electron chi connectivity index (χ1n) is 5.41. The predicted octanol–water partition coefficient (Wildman–Crippen LogP) is 2.52. The molecule has 0 atom stereocenters. The highest BCUT2D eigenvalue weighted by Gasteiger charge is 2.10. The van der Waals surface area contributed by atoms with Gasteiger partial charge < -0.3 is 10.7 Å². The number of nitrogens with two attached hydrogens (primary N) is 1. The van der Waals surface area contributed by atoms with Gasteiger partial charge in [0.1, 0.15) is 17.0 Å². The molecule has 0 bridgehead atoms. The summed E-state index contributed by atoms with van der Waals surface area (Å²) in [7, 11) is 0. The first kappa shape index (κ1) is 9.84. The maximum Gasteiger partial charge on any atom is 0.126 e. The number of rotatable bonds is 1. The van der Waals surface area contributed by atoms with E-state index in [9.17, 15) is 0 Å². The zero-order valence-corrected chi connectivity index (χ0v) is 9.44. The molecule has 0 saturated heterocycles. The minimum absolute atomic E-state index is 0.500. The summed E-state index contributed by atoms with van der Waals surface area (Å²) in [6.45, 7) is 2.05. The van der Waals surface area contributed by atoms with E-state index in [0.29, 0.717) is 5.82 Å². The summed E-state index contributed by atoms with van der Waals surface area (Å²) in [5, 5.41) is 0. The number of hydrogen-bond donors (Lipinski definition) is 2. The minimum Gasteiger partial charge on any atom is -0.384 e. The van der Waals surface area contributed by atoms with Crippen molar-refractivity contribution in [2.45, 2.75) is 6.92 Å². The van der Waals surface area contributed by atoms with Crippen LogP contribution in [-0.2, 0) is 0 Å². The predicted molar refractivity (Wildman–Crippen MR) is 68.5 cm³/mol. The summed E-state index contributed by atoms with van der Waals surface area (Å²) in [6.07, 6.45) is 1.66. The van der Waals surface area contributed by atoms with Crippen LogP contribution in [0.3, 0.4) is 0 Å². The molecular formula is C13H12N4. The van der Waals surface area contributed by atoms with Crippen molar-refractivity contribution >= 4 is 16.9 Å². The van der Waals surface area contributed by atoms with Crippen LogP contribution in [0.4, 0.5) is 5.82 Å². The van der Waals surface area contributed by atoms with Crippen molar-refractivity contribution in [3.63, 3.8) is 0 Å². The molecule has 3 aromatic rings. The molecule has 4 nitrogen and oxygen atoms in total. The lowest BCUT2D eigenvalue weighted by atomic mass is 10.0. The molecule has 4 heteroatoms. The van der Waals surface area contributed by atoms with Crippen molar-refractivity contribution in [3.8, 4) is 11.3 Å². The summed E-state index contributed by atoms with van der Waals surface area (Å²) < 4.78 is 0. The average Bonchev–Trinajstić information content (AvgIpc) is 2.76. The lowest BCUT2D eigenvalue weighted by Gasteiger charge is -2.06. The highest BCUT2D eigenvalue weighted by molar-refractivity contribution is 5.91. The molecule has 17 heavy (non-hydrogen) atoms. The van der Waals surface area contributed by atoms with Gasteiger partial charge in [0.2, 0.25) is 0 Å². The number of hydrogen-bond acceptors (Lipinski definition) is 3. The number of nitrogens with zero attached hydrogens (tertiary/aromatic N) is 2. The Bertz CT molecular complexity index is 685. The van der Waals surface area contributed by atoms with Crippen molar-refractivity contribution < 1.29 is 0 Å². The van der Waals surface area contributed by atoms with Crippen LogP contribution >= 0.6 is 0 Å². The molecule has 0 aliphatic heterocycles. The quantitative estimate of drug-likeness (QED) is 0.667. The first-order valence-corrected chi connectivity index (χ1v) is 5.41. The summed E-state index contributed by atoms with van der Waals surface area (Å²) in [5.74, 6) is 0.500.